The number of aryl methyl sites for hydroxylation is 2. The van der Waals surface area contributed by atoms with Crippen molar-refractivity contribution >= 4 is 0 Å². The summed E-state index contributed by atoms with van der Waals surface area (Å²) >= 11 is 0. The van der Waals surface area contributed by atoms with Crippen LogP contribution in [-0.2, 0) is 6.42 Å². The molecule has 19 heavy (non-hydrogen) atoms. The molecule has 0 saturated heterocycles. The molecular weight excluding hydrogens is 232 g/mol. The summed E-state index contributed by atoms with van der Waals surface area (Å²) in [5.74, 6) is 0.970. The zero-order chi connectivity index (χ0) is 13.5. The van der Waals surface area contributed by atoms with E-state index in [1.165, 1.54) is 11.1 Å². The molecule has 1 heteroatoms. The Balaban J connectivity index is 1.73. The second-order valence-corrected chi connectivity index (χ2v) is 5.12. The lowest BCUT2D eigenvalue weighted by Gasteiger charge is -2.14. The van der Waals surface area contributed by atoms with Crippen LogP contribution in [0.3, 0.4) is 0 Å². The van der Waals surface area contributed by atoms with Gasteiger partial charge in [-0.25, -0.2) is 0 Å². The third kappa shape index (κ3) is 4.78. The normalized spacial score (nSPS) is 12.1. The van der Waals surface area contributed by atoms with Crippen LogP contribution in [-0.4, -0.2) is 6.10 Å². The SMILES string of the molecule is Cc1ccc(OC(C)CCCc2ccccc2)cc1. The van der Waals surface area contributed by atoms with Gasteiger partial charge < -0.3 is 4.74 Å². The van der Waals surface area contributed by atoms with E-state index in [-0.39, 0.29) is 6.10 Å². The van der Waals surface area contributed by atoms with Gasteiger partial charge in [0.25, 0.3) is 0 Å². The zero-order valence-corrected chi connectivity index (χ0v) is 11.8. The predicted octanol–water partition coefficient (Wildman–Crippen LogP) is 4.79. The maximum atomic E-state index is 5.91. The Bertz CT molecular complexity index is 473. The second-order valence-electron chi connectivity index (χ2n) is 5.12. The van der Waals surface area contributed by atoms with E-state index in [1.54, 1.807) is 0 Å². The molecule has 0 spiro atoms. The van der Waals surface area contributed by atoms with Gasteiger partial charge in [0, 0.05) is 0 Å². The van der Waals surface area contributed by atoms with Crippen LogP contribution >= 0.6 is 0 Å². The number of hydrogen-bond acceptors (Lipinski definition) is 1. The van der Waals surface area contributed by atoms with E-state index in [1.807, 2.05) is 12.1 Å². The van der Waals surface area contributed by atoms with Gasteiger partial charge in [0.1, 0.15) is 5.75 Å². The van der Waals surface area contributed by atoms with Gasteiger partial charge in [-0.15, -0.1) is 0 Å². The van der Waals surface area contributed by atoms with Crippen molar-refractivity contribution in [3.8, 4) is 5.75 Å². The van der Waals surface area contributed by atoms with Gasteiger partial charge in [0.05, 0.1) is 6.10 Å². The minimum atomic E-state index is 0.270. The van der Waals surface area contributed by atoms with Crippen LogP contribution < -0.4 is 4.74 Å². The highest BCUT2D eigenvalue weighted by Gasteiger charge is 2.04. The summed E-state index contributed by atoms with van der Waals surface area (Å²) in [5.41, 5.74) is 2.68. The molecule has 1 unspecified atom stereocenters. The highest BCUT2D eigenvalue weighted by Crippen LogP contribution is 2.16. The van der Waals surface area contributed by atoms with Crippen LogP contribution in [0.2, 0.25) is 0 Å². The quantitative estimate of drug-likeness (QED) is 0.720. The Morgan fingerprint density at radius 1 is 0.947 bits per heavy atom. The molecule has 1 nitrogen and oxygen atoms in total. The van der Waals surface area contributed by atoms with Gasteiger partial charge in [-0.1, -0.05) is 48.0 Å². The lowest BCUT2D eigenvalue weighted by molar-refractivity contribution is 0.208. The molecule has 0 fully saturated rings. The van der Waals surface area contributed by atoms with Crippen molar-refractivity contribution in [2.24, 2.45) is 0 Å². The van der Waals surface area contributed by atoms with Crippen molar-refractivity contribution in [3.63, 3.8) is 0 Å². The molecule has 0 amide bonds. The lowest BCUT2D eigenvalue weighted by atomic mass is 10.1. The summed E-state index contributed by atoms with van der Waals surface area (Å²) in [6.07, 6.45) is 3.65. The molecule has 0 N–H and O–H groups in total. The first-order chi connectivity index (χ1) is 9.24. The molecule has 0 radical (unpaired) electrons. The maximum Gasteiger partial charge on any atom is 0.119 e. The van der Waals surface area contributed by atoms with Gasteiger partial charge in [-0.2, -0.15) is 0 Å². The molecule has 0 aliphatic heterocycles. The van der Waals surface area contributed by atoms with E-state index in [2.05, 4.69) is 56.3 Å². The first-order valence-corrected chi connectivity index (χ1v) is 7.01. The highest BCUT2D eigenvalue weighted by atomic mass is 16.5. The van der Waals surface area contributed by atoms with E-state index in [0.29, 0.717) is 0 Å². The summed E-state index contributed by atoms with van der Waals surface area (Å²) < 4.78 is 5.91. The second kappa shape index (κ2) is 6.98. The molecule has 0 aromatic heterocycles. The van der Waals surface area contributed by atoms with Gasteiger partial charge in [-0.05, 0) is 50.8 Å². The van der Waals surface area contributed by atoms with Crippen LogP contribution in [0.4, 0.5) is 0 Å². The molecule has 0 aliphatic rings. The maximum absolute atomic E-state index is 5.91. The molecule has 2 rings (SSSR count). The Morgan fingerprint density at radius 3 is 2.32 bits per heavy atom. The van der Waals surface area contributed by atoms with Crippen LogP contribution in [0.1, 0.15) is 30.9 Å². The summed E-state index contributed by atoms with van der Waals surface area (Å²) in [7, 11) is 0. The molecule has 0 heterocycles. The van der Waals surface area contributed by atoms with Crippen molar-refractivity contribution in [2.75, 3.05) is 0 Å². The fourth-order valence-corrected chi connectivity index (χ4v) is 2.15. The highest BCUT2D eigenvalue weighted by molar-refractivity contribution is 5.26. The van der Waals surface area contributed by atoms with E-state index < -0.39 is 0 Å². The summed E-state index contributed by atoms with van der Waals surface area (Å²) in [6.45, 7) is 4.23. The summed E-state index contributed by atoms with van der Waals surface area (Å²) in [4.78, 5) is 0. The Kier molecular flexibility index (Phi) is 5.02. The molecule has 0 saturated carbocycles. The van der Waals surface area contributed by atoms with E-state index in [0.717, 1.165) is 25.0 Å². The van der Waals surface area contributed by atoms with E-state index >= 15 is 0 Å². The average molecular weight is 254 g/mol. The lowest BCUT2D eigenvalue weighted by Crippen LogP contribution is -2.11. The fourth-order valence-electron chi connectivity index (χ4n) is 2.15. The molecule has 100 valence electrons. The summed E-state index contributed by atoms with van der Waals surface area (Å²) in [6, 6.07) is 18.9. The average Bonchev–Trinajstić information content (AvgIpc) is 2.43. The molecule has 0 aliphatic carbocycles. The van der Waals surface area contributed by atoms with E-state index in [9.17, 15) is 0 Å². The van der Waals surface area contributed by atoms with Gasteiger partial charge in [0.2, 0.25) is 0 Å². The Morgan fingerprint density at radius 2 is 1.63 bits per heavy atom. The largest absolute Gasteiger partial charge is 0.491 e. The standard InChI is InChI=1S/C18H22O/c1-15-11-13-18(14-12-15)19-16(2)7-6-10-17-8-4-3-5-9-17/h3-5,8-9,11-14,16H,6-7,10H2,1-2H3. The smallest absolute Gasteiger partial charge is 0.119 e. The Hall–Kier alpha value is -1.76. The first kappa shape index (κ1) is 13.7. The minimum absolute atomic E-state index is 0.270. The topological polar surface area (TPSA) is 9.23 Å². The predicted molar refractivity (Wildman–Crippen MR) is 80.6 cm³/mol. The van der Waals surface area contributed by atoms with Gasteiger partial charge in [-0.3, -0.25) is 0 Å². The molecule has 0 bridgehead atoms. The van der Waals surface area contributed by atoms with Crippen molar-refractivity contribution in [2.45, 2.75) is 39.2 Å². The molecule has 2 aromatic carbocycles. The first-order valence-electron chi connectivity index (χ1n) is 7.01. The van der Waals surface area contributed by atoms with Crippen LogP contribution in [0.25, 0.3) is 0 Å². The van der Waals surface area contributed by atoms with Crippen molar-refractivity contribution in [3.05, 3.63) is 65.7 Å². The van der Waals surface area contributed by atoms with Gasteiger partial charge >= 0.3 is 0 Å². The number of ether oxygens (including phenoxy) is 1. The van der Waals surface area contributed by atoms with Crippen LogP contribution in [0.15, 0.2) is 54.6 Å². The fraction of sp³-hybridized carbons (Fsp3) is 0.333. The number of rotatable bonds is 6. The number of benzene rings is 2. The van der Waals surface area contributed by atoms with Crippen molar-refractivity contribution in [1.29, 1.82) is 0 Å². The van der Waals surface area contributed by atoms with Crippen molar-refractivity contribution in [1.82, 2.24) is 0 Å². The third-order valence-electron chi connectivity index (χ3n) is 3.28. The molecule has 1 atom stereocenters. The van der Waals surface area contributed by atoms with E-state index in [4.69, 9.17) is 4.74 Å². The van der Waals surface area contributed by atoms with Gasteiger partial charge in [0.15, 0.2) is 0 Å². The third-order valence-corrected chi connectivity index (χ3v) is 3.28. The zero-order valence-electron chi connectivity index (χ0n) is 11.8. The van der Waals surface area contributed by atoms with Crippen LogP contribution in [0, 0.1) is 6.92 Å². The molecular formula is C18H22O. The summed E-state index contributed by atoms with van der Waals surface area (Å²) in [5, 5.41) is 0. The Labute approximate surface area is 116 Å². The van der Waals surface area contributed by atoms with Crippen molar-refractivity contribution < 1.29 is 4.74 Å². The monoisotopic (exact) mass is 254 g/mol. The number of hydrogen-bond donors (Lipinski definition) is 0. The minimum Gasteiger partial charge on any atom is -0.491 e. The van der Waals surface area contributed by atoms with Crippen LogP contribution in [0.5, 0.6) is 5.75 Å². The molecule has 2 aromatic rings.